The zero-order valence-corrected chi connectivity index (χ0v) is 26.6. The molecule has 0 N–H and O–H groups in total. The number of ether oxygens (including phenoxy) is 2. The quantitative estimate of drug-likeness (QED) is 0.160. The number of nitrogens with zero attached hydrogens (tertiary/aromatic N) is 1. The topological polar surface area (TPSA) is 55.8 Å². The molecule has 5 nitrogen and oxygen atoms in total. The highest BCUT2D eigenvalue weighted by molar-refractivity contribution is 6.04. The molecule has 2 atom stereocenters. The molecule has 3 aliphatic rings. The number of Topliss-reactive ketones (excluding diaryl/α,β-unsaturated/α-hetero) is 1. The minimum absolute atomic E-state index is 0.0786. The minimum Gasteiger partial charge on any atom is -0.496 e. The maximum absolute atomic E-state index is 14.1. The average Bonchev–Trinajstić information content (AvgIpc) is 3.17. The standard InChI is InChI=1S/C37H49NO4/c1-24(2)19-28-21-32-30(22-34(28)41-7)25(3)20-31(35(32)38(6)29-14-10-9-11-15-29)26(4)33(39)23-37(5)17-12-13-27(16-18-37)36(40)42-8/h10,14-15,21-22,24,27H,3-4,9,11-13,16-20,23H2,1-2,5-8H3. The number of hydrogen-bond donors (Lipinski definition) is 0. The van der Waals surface area contributed by atoms with Crippen LogP contribution < -0.4 is 4.74 Å². The van der Waals surface area contributed by atoms with Crippen LogP contribution in [0.25, 0.3) is 11.3 Å². The first-order valence-corrected chi connectivity index (χ1v) is 15.5. The van der Waals surface area contributed by atoms with Crippen LogP contribution in [0.1, 0.15) is 95.2 Å². The number of carbonyl (C=O) groups is 2. The van der Waals surface area contributed by atoms with Crippen LogP contribution in [0.4, 0.5) is 0 Å². The van der Waals surface area contributed by atoms with Gasteiger partial charge in [0.05, 0.1) is 25.8 Å². The first-order chi connectivity index (χ1) is 20.0. The molecule has 0 heterocycles. The third kappa shape index (κ3) is 6.82. The Balaban J connectivity index is 1.74. The van der Waals surface area contributed by atoms with E-state index in [0.29, 0.717) is 24.3 Å². The largest absolute Gasteiger partial charge is 0.496 e. The van der Waals surface area contributed by atoms with Crippen LogP contribution in [0.5, 0.6) is 5.75 Å². The number of benzene rings is 1. The number of fused-ring (bicyclic) bond motifs is 1. The molecular weight excluding hydrogens is 522 g/mol. The van der Waals surface area contributed by atoms with Crippen molar-refractivity contribution in [1.29, 1.82) is 0 Å². The summed E-state index contributed by atoms with van der Waals surface area (Å²) in [5.41, 5.74) is 7.76. The Morgan fingerprint density at radius 3 is 2.52 bits per heavy atom. The van der Waals surface area contributed by atoms with Crippen LogP contribution in [0.3, 0.4) is 0 Å². The Morgan fingerprint density at radius 2 is 1.88 bits per heavy atom. The van der Waals surface area contributed by atoms with Gasteiger partial charge in [0.15, 0.2) is 5.78 Å². The number of likely N-dealkylation sites (N-methyl/N-ethyl adjacent to an activating group) is 1. The van der Waals surface area contributed by atoms with Crippen LogP contribution in [0.15, 0.2) is 60.4 Å². The summed E-state index contributed by atoms with van der Waals surface area (Å²) in [6, 6.07) is 4.37. The van der Waals surface area contributed by atoms with E-state index in [1.165, 1.54) is 7.11 Å². The molecule has 1 aromatic carbocycles. The minimum atomic E-state index is -0.175. The molecule has 1 fully saturated rings. The van der Waals surface area contributed by atoms with E-state index in [-0.39, 0.29) is 23.1 Å². The molecule has 0 radical (unpaired) electrons. The molecule has 1 saturated carbocycles. The molecule has 226 valence electrons. The van der Waals surface area contributed by atoms with Gasteiger partial charge < -0.3 is 14.4 Å². The molecule has 42 heavy (non-hydrogen) atoms. The van der Waals surface area contributed by atoms with Crippen molar-refractivity contribution in [3.05, 3.63) is 77.1 Å². The van der Waals surface area contributed by atoms with Crippen molar-refractivity contribution >= 4 is 23.0 Å². The summed E-state index contributed by atoms with van der Waals surface area (Å²) in [5, 5.41) is 0. The number of ketones is 1. The fraction of sp³-hybridized carbons (Fsp3) is 0.514. The summed E-state index contributed by atoms with van der Waals surface area (Å²) in [6.07, 6.45) is 14.8. The van der Waals surface area contributed by atoms with Crippen molar-refractivity contribution in [3.63, 3.8) is 0 Å². The van der Waals surface area contributed by atoms with Gasteiger partial charge in [-0.25, -0.2) is 0 Å². The first kappa shape index (κ1) is 31.6. The third-order valence-corrected chi connectivity index (χ3v) is 9.31. The van der Waals surface area contributed by atoms with Crippen molar-refractivity contribution in [2.24, 2.45) is 17.3 Å². The van der Waals surface area contributed by atoms with E-state index < -0.39 is 0 Å². The number of rotatable bonds is 10. The molecular formula is C37H49NO4. The highest BCUT2D eigenvalue weighted by Gasteiger charge is 2.36. The van der Waals surface area contributed by atoms with Gasteiger partial charge in [-0.05, 0) is 96.8 Å². The van der Waals surface area contributed by atoms with Gasteiger partial charge in [-0.2, -0.15) is 0 Å². The van der Waals surface area contributed by atoms with Crippen molar-refractivity contribution in [2.75, 3.05) is 21.3 Å². The number of hydrogen-bond acceptors (Lipinski definition) is 5. The van der Waals surface area contributed by atoms with Crippen LogP contribution in [-0.4, -0.2) is 37.9 Å². The summed E-state index contributed by atoms with van der Waals surface area (Å²) >= 11 is 0. The summed E-state index contributed by atoms with van der Waals surface area (Å²) < 4.78 is 10.8. The van der Waals surface area contributed by atoms with Gasteiger partial charge in [0.25, 0.3) is 0 Å². The monoisotopic (exact) mass is 571 g/mol. The first-order valence-electron chi connectivity index (χ1n) is 15.5. The van der Waals surface area contributed by atoms with E-state index in [1.54, 1.807) is 7.11 Å². The molecule has 0 bridgehead atoms. The normalized spacial score (nSPS) is 22.3. The molecule has 0 aromatic heterocycles. The van der Waals surface area contributed by atoms with Gasteiger partial charge >= 0.3 is 5.97 Å². The summed E-state index contributed by atoms with van der Waals surface area (Å²) in [6.45, 7) is 15.5. The zero-order valence-electron chi connectivity index (χ0n) is 26.6. The lowest BCUT2D eigenvalue weighted by Gasteiger charge is -2.35. The van der Waals surface area contributed by atoms with Crippen LogP contribution in [-0.2, 0) is 20.7 Å². The predicted molar refractivity (Wildman–Crippen MR) is 172 cm³/mol. The fourth-order valence-electron chi connectivity index (χ4n) is 6.88. The number of allylic oxidation sites excluding steroid dienone is 6. The smallest absolute Gasteiger partial charge is 0.308 e. The molecule has 3 aliphatic carbocycles. The Hall–Kier alpha value is -3.34. The number of esters is 1. The Kier molecular flexibility index (Phi) is 10.0. The maximum atomic E-state index is 14.1. The van der Waals surface area contributed by atoms with Gasteiger partial charge in [-0.15, -0.1) is 0 Å². The van der Waals surface area contributed by atoms with Crippen molar-refractivity contribution in [3.8, 4) is 5.75 Å². The van der Waals surface area contributed by atoms with Gasteiger partial charge in [-0.3, -0.25) is 9.59 Å². The summed E-state index contributed by atoms with van der Waals surface area (Å²) in [5.74, 6) is 1.22. The zero-order chi connectivity index (χ0) is 30.6. The fourth-order valence-corrected chi connectivity index (χ4v) is 6.88. The van der Waals surface area contributed by atoms with E-state index in [4.69, 9.17) is 9.47 Å². The highest BCUT2D eigenvalue weighted by atomic mass is 16.5. The Labute approximate surface area is 253 Å². The van der Waals surface area contributed by atoms with Crippen LogP contribution >= 0.6 is 0 Å². The van der Waals surface area contributed by atoms with Gasteiger partial charge in [-0.1, -0.05) is 52.5 Å². The van der Waals surface area contributed by atoms with E-state index in [2.05, 4.69) is 76.2 Å². The second-order valence-corrected chi connectivity index (χ2v) is 13.1. The Bertz CT molecular complexity index is 1340. The molecule has 0 spiro atoms. The third-order valence-electron chi connectivity index (χ3n) is 9.31. The molecule has 1 aromatic rings. The van der Waals surface area contributed by atoms with Crippen molar-refractivity contribution in [2.45, 2.75) is 85.0 Å². The molecule has 5 heteroatoms. The summed E-state index contributed by atoms with van der Waals surface area (Å²) in [4.78, 5) is 28.5. The van der Waals surface area contributed by atoms with E-state index in [1.807, 2.05) is 0 Å². The SMILES string of the molecule is C=C(C(=O)CC1(C)CCCC(C(=O)OC)CC1)C1=C(N(C)C2=CCCC=C2)c2cc(CC(C)C)c(OC)cc2C(=C)C1. The van der Waals surface area contributed by atoms with E-state index in [0.717, 1.165) is 96.3 Å². The van der Waals surface area contributed by atoms with E-state index in [9.17, 15) is 9.59 Å². The molecule has 0 saturated heterocycles. The molecule has 0 amide bonds. The highest BCUT2D eigenvalue weighted by Crippen LogP contribution is 2.47. The van der Waals surface area contributed by atoms with Gasteiger partial charge in [0.1, 0.15) is 5.75 Å². The van der Waals surface area contributed by atoms with Crippen molar-refractivity contribution < 1.29 is 19.1 Å². The lowest BCUT2D eigenvalue weighted by Crippen LogP contribution is -2.25. The maximum Gasteiger partial charge on any atom is 0.308 e. The molecule has 0 aliphatic heterocycles. The number of methoxy groups -OCH3 is 2. The lowest BCUT2D eigenvalue weighted by molar-refractivity contribution is -0.145. The lowest BCUT2D eigenvalue weighted by atomic mass is 9.74. The van der Waals surface area contributed by atoms with Crippen molar-refractivity contribution in [1.82, 2.24) is 4.90 Å². The average molecular weight is 572 g/mol. The second-order valence-electron chi connectivity index (χ2n) is 13.1. The summed E-state index contributed by atoms with van der Waals surface area (Å²) in [7, 11) is 5.28. The van der Waals surface area contributed by atoms with Crippen LogP contribution in [0.2, 0.25) is 0 Å². The predicted octanol–water partition coefficient (Wildman–Crippen LogP) is 8.46. The second kappa shape index (κ2) is 13.3. The molecule has 4 rings (SSSR count). The molecule has 2 unspecified atom stereocenters. The van der Waals surface area contributed by atoms with Gasteiger partial charge in [0, 0.05) is 36.7 Å². The van der Waals surface area contributed by atoms with Gasteiger partial charge in [0.2, 0.25) is 0 Å². The van der Waals surface area contributed by atoms with E-state index >= 15 is 0 Å². The number of carbonyl (C=O) groups excluding carboxylic acids is 2. The van der Waals surface area contributed by atoms with Crippen LogP contribution in [0, 0.1) is 17.3 Å². The Morgan fingerprint density at radius 1 is 1.12 bits per heavy atom.